The van der Waals surface area contributed by atoms with Crippen molar-refractivity contribution in [3.8, 4) is 56.4 Å². The molecule has 3 nitrogen and oxygen atoms in total. The van der Waals surface area contributed by atoms with Crippen molar-refractivity contribution in [3.05, 3.63) is 176 Å². The molecule has 51 heavy (non-hydrogen) atoms. The number of benzene rings is 8. The maximum absolute atomic E-state index is 5.08. The minimum atomic E-state index is 0.647. The summed E-state index contributed by atoms with van der Waals surface area (Å²) in [5.41, 5.74) is 7.52. The second-order valence-corrected chi connectivity index (χ2v) is 13.9. The standard InChI is InChI=1S/C47H29N3S/c1-3-11-30(12-4-1)31-21-25-35(26-22-31)46-48-45(34-14-5-2-6-15-34)49-47(50-46)37-17-9-16-36(29-37)39-19-10-20-40-43-41(51-44(39)40)28-27-33-24-23-32-13-7-8-18-38(32)42(33)43/h1-29H. The molecule has 238 valence electrons. The van der Waals surface area contributed by atoms with E-state index < -0.39 is 0 Å². The fourth-order valence-corrected chi connectivity index (χ4v) is 8.48. The zero-order chi connectivity index (χ0) is 33.7. The highest BCUT2D eigenvalue weighted by molar-refractivity contribution is 7.26. The van der Waals surface area contributed by atoms with Gasteiger partial charge in [-0.05, 0) is 55.9 Å². The number of aromatic nitrogens is 3. The van der Waals surface area contributed by atoms with Crippen LogP contribution in [0.25, 0.3) is 98.1 Å². The van der Waals surface area contributed by atoms with E-state index in [1.54, 1.807) is 0 Å². The van der Waals surface area contributed by atoms with E-state index in [9.17, 15) is 0 Å². The molecule has 0 aliphatic rings. The molecule has 4 heteroatoms. The SMILES string of the molecule is c1ccc(-c2ccc(-c3nc(-c4ccccc4)nc(-c4cccc(-c5cccc6c5sc5ccc7ccc8ccccc8c7c56)c4)n3)cc2)cc1. The van der Waals surface area contributed by atoms with E-state index in [1.165, 1.54) is 52.8 Å². The van der Waals surface area contributed by atoms with E-state index in [0.717, 1.165) is 27.8 Å². The highest BCUT2D eigenvalue weighted by atomic mass is 32.1. The van der Waals surface area contributed by atoms with Gasteiger partial charge in [-0.15, -0.1) is 11.3 Å². The summed E-state index contributed by atoms with van der Waals surface area (Å²) in [4.78, 5) is 15.1. The van der Waals surface area contributed by atoms with Gasteiger partial charge < -0.3 is 0 Å². The van der Waals surface area contributed by atoms with Gasteiger partial charge in [0.25, 0.3) is 0 Å². The predicted molar refractivity (Wildman–Crippen MR) is 215 cm³/mol. The zero-order valence-electron chi connectivity index (χ0n) is 27.5. The second kappa shape index (κ2) is 12.1. The van der Waals surface area contributed by atoms with Crippen LogP contribution in [0.15, 0.2) is 176 Å². The Morgan fingerprint density at radius 1 is 0.333 bits per heavy atom. The summed E-state index contributed by atoms with van der Waals surface area (Å²) >= 11 is 1.87. The molecule has 0 atom stereocenters. The first-order valence-corrected chi connectivity index (χ1v) is 17.9. The summed E-state index contributed by atoms with van der Waals surface area (Å²) in [7, 11) is 0. The summed E-state index contributed by atoms with van der Waals surface area (Å²) in [6.45, 7) is 0. The predicted octanol–water partition coefficient (Wildman–Crippen LogP) is 12.9. The van der Waals surface area contributed by atoms with Crippen molar-refractivity contribution in [2.45, 2.75) is 0 Å². The molecule has 0 saturated carbocycles. The fraction of sp³-hybridized carbons (Fsp3) is 0. The van der Waals surface area contributed by atoms with Gasteiger partial charge in [0.15, 0.2) is 17.5 Å². The van der Waals surface area contributed by atoms with Gasteiger partial charge >= 0.3 is 0 Å². The largest absolute Gasteiger partial charge is 0.208 e. The van der Waals surface area contributed by atoms with E-state index >= 15 is 0 Å². The molecule has 0 aliphatic heterocycles. The third-order valence-electron chi connectivity index (χ3n) is 9.72. The Balaban J connectivity index is 1.12. The molecular weight excluding hydrogens is 639 g/mol. The highest BCUT2D eigenvalue weighted by Gasteiger charge is 2.17. The van der Waals surface area contributed by atoms with Crippen LogP contribution in [0.4, 0.5) is 0 Å². The lowest BCUT2D eigenvalue weighted by Gasteiger charge is -2.10. The molecule has 2 aromatic heterocycles. The lowest BCUT2D eigenvalue weighted by molar-refractivity contribution is 1.07. The first-order chi connectivity index (χ1) is 25.3. The van der Waals surface area contributed by atoms with Crippen molar-refractivity contribution in [1.29, 1.82) is 0 Å². The number of hydrogen-bond donors (Lipinski definition) is 0. The normalized spacial score (nSPS) is 11.5. The monoisotopic (exact) mass is 667 g/mol. The van der Waals surface area contributed by atoms with Crippen molar-refractivity contribution in [3.63, 3.8) is 0 Å². The molecule has 10 aromatic rings. The Hall–Kier alpha value is -6.49. The smallest absolute Gasteiger partial charge is 0.164 e. The summed E-state index contributed by atoms with van der Waals surface area (Å²) in [6.07, 6.45) is 0. The van der Waals surface area contributed by atoms with Gasteiger partial charge in [-0.2, -0.15) is 0 Å². The summed E-state index contributed by atoms with van der Waals surface area (Å²) in [5, 5.41) is 7.76. The van der Waals surface area contributed by atoms with Gasteiger partial charge in [-0.1, -0.05) is 164 Å². The maximum atomic E-state index is 5.08. The number of hydrogen-bond acceptors (Lipinski definition) is 4. The van der Waals surface area contributed by atoms with Crippen LogP contribution < -0.4 is 0 Å². The lowest BCUT2D eigenvalue weighted by atomic mass is 9.96. The van der Waals surface area contributed by atoms with Crippen molar-refractivity contribution in [2.24, 2.45) is 0 Å². The maximum Gasteiger partial charge on any atom is 0.164 e. The molecule has 0 aliphatic carbocycles. The third-order valence-corrected chi connectivity index (χ3v) is 10.9. The highest BCUT2D eigenvalue weighted by Crippen LogP contribution is 2.45. The van der Waals surface area contributed by atoms with E-state index in [4.69, 9.17) is 15.0 Å². The molecule has 0 amide bonds. The Kier molecular flexibility index (Phi) is 7.00. The van der Waals surface area contributed by atoms with Gasteiger partial charge in [0.2, 0.25) is 0 Å². The topological polar surface area (TPSA) is 38.7 Å². The van der Waals surface area contributed by atoms with Gasteiger partial charge in [0.1, 0.15) is 0 Å². The van der Waals surface area contributed by atoms with Crippen LogP contribution in [-0.4, -0.2) is 15.0 Å². The summed E-state index contributed by atoms with van der Waals surface area (Å²) < 4.78 is 2.58. The van der Waals surface area contributed by atoms with Crippen molar-refractivity contribution >= 4 is 53.1 Å². The minimum Gasteiger partial charge on any atom is -0.208 e. The lowest BCUT2D eigenvalue weighted by Crippen LogP contribution is -2.00. The molecule has 0 unspecified atom stereocenters. The van der Waals surface area contributed by atoms with Gasteiger partial charge in [-0.3, -0.25) is 0 Å². The quantitative estimate of drug-likeness (QED) is 0.171. The molecular formula is C47H29N3S. The first kappa shape index (κ1) is 29.4. The van der Waals surface area contributed by atoms with Crippen LogP contribution in [0, 0.1) is 0 Å². The van der Waals surface area contributed by atoms with Gasteiger partial charge in [0, 0.05) is 36.9 Å². The first-order valence-electron chi connectivity index (χ1n) is 17.1. The van der Waals surface area contributed by atoms with Crippen LogP contribution in [0.3, 0.4) is 0 Å². The third kappa shape index (κ3) is 5.16. The van der Waals surface area contributed by atoms with E-state index in [1.807, 2.05) is 47.7 Å². The Morgan fingerprint density at radius 2 is 0.863 bits per heavy atom. The minimum absolute atomic E-state index is 0.647. The summed E-state index contributed by atoms with van der Waals surface area (Å²) in [6, 6.07) is 62.1. The molecule has 0 saturated heterocycles. The number of thiophene rings is 1. The van der Waals surface area contributed by atoms with E-state index in [-0.39, 0.29) is 0 Å². The van der Waals surface area contributed by atoms with E-state index in [0.29, 0.717) is 17.5 Å². The average Bonchev–Trinajstić information content (AvgIpc) is 3.60. The Labute approximate surface area is 299 Å². The van der Waals surface area contributed by atoms with Gasteiger partial charge in [-0.25, -0.2) is 15.0 Å². The molecule has 0 N–H and O–H groups in total. The van der Waals surface area contributed by atoms with E-state index in [2.05, 4.69) is 140 Å². The van der Waals surface area contributed by atoms with Gasteiger partial charge in [0.05, 0.1) is 0 Å². The van der Waals surface area contributed by atoms with Crippen LogP contribution in [0.2, 0.25) is 0 Å². The van der Waals surface area contributed by atoms with Crippen molar-refractivity contribution < 1.29 is 0 Å². The Morgan fingerprint density at radius 3 is 1.65 bits per heavy atom. The molecule has 0 radical (unpaired) electrons. The molecule has 0 spiro atoms. The van der Waals surface area contributed by atoms with Crippen molar-refractivity contribution in [2.75, 3.05) is 0 Å². The van der Waals surface area contributed by atoms with Crippen LogP contribution in [0.5, 0.6) is 0 Å². The molecule has 0 bridgehead atoms. The van der Waals surface area contributed by atoms with Crippen LogP contribution in [0.1, 0.15) is 0 Å². The zero-order valence-corrected chi connectivity index (χ0v) is 28.3. The average molecular weight is 668 g/mol. The molecule has 8 aromatic carbocycles. The molecule has 2 heterocycles. The van der Waals surface area contributed by atoms with Crippen LogP contribution in [-0.2, 0) is 0 Å². The van der Waals surface area contributed by atoms with Crippen molar-refractivity contribution in [1.82, 2.24) is 15.0 Å². The number of fused-ring (bicyclic) bond motifs is 7. The van der Waals surface area contributed by atoms with Crippen LogP contribution >= 0.6 is 11.3 Å². The number of rotatable bonds is 5. The Bertz CT molecular complexity index is 2900. The summed E-state index contributed by atoms with van der Waals surface area (Å²) in [5.74, 6) is 1.95. The molecule has 10 rings (SSSR count). The second-order valence-electron chi connectivity index (χ2n) is 12.8. The molecule has 0 fully saturated rings. The fourth-order valence-electron chi connectivity index (χ4n) is 7.23. The number of nitrogens with zero attached hydrogens (tertiary/aromatic N) is 3.